The zero-order chi connectivity index (χ0) is 16.9. The number of methoxy groups -OCH3 is 1. The Hall–Kier alpha value is -2.54. The van der Waals surface area contributed by atoms with Crippen molar-refractivity contribution in [3.05, 3.63) is 41.9 Å². The summed E-state index contributed by atoms with van der Waals surface area (Å²) < 4.78 is 4.97. The van der Waals surface area contributed by atoms with Crippen molar-refractivity contribution in [1.29, 1.82) is 0 Å². The van der Waals surface area contributed by atoms with Gasteiger partial charge < -0.3 is 15.0 Å². The van der Waals surface area contributed by atoms with E-state index in [1.807, 2.05) is 30.0 Å². The molecule has 0 saturated carbocycles. The Morgan fingerprint density at radius 1 is 1.38 bits per heavy atom. The van der Waals surface area contributed by atoms with Gasteiger partial charge in [-0.1, -0.05) is 6.07 Å². The molecule has 24 heavy (non-hydrogen) atoms. The van der Waals surface area contributed by atoms with E-state index in [2.05, 4.69) is 20.3 Å². The molecule has 3 heterocycles. The van der Waals surface area contributed by atoms with Crippen LogP contribution in [0.3, 0.4) is 0 Å². The van der Waals surface area contributed by atoms with E-state index in [0.29, 0.717) is 11.8 Å². The predicted octanol–water partition coefficient (Wildman–Crippen LogP) is 2.23. The summed E-state index contributed by atoms with van der Waals surface area (Å²) in [6, 6.07) is 5.69. The normalized spacial score (nSPS) is 17.1. The Kier molecular flexibility index (Phi) is 5.00. The minimum absolute atomic E-state index is 0.00618. The topological polar surface area (TPSA) is 80.2 Å². The molecule has 2 aromatic rings. The van der Waals surface area contributed by atoms with Crippen LogP contribution in [0.25, 0.3) is 0 Å². The van der Waals surface area contributed by atoms with Gasteiger partial charge in [-0.25, -0.2) is 15.0 Å². The van der Waals surface area contributed by atoms with Crippen LogP contribution >= 0.6 is 0 Å². The molecule has 0 unspecified atom stereocenters. The van der Waals surface area contributed by atoms with Gasteiger partial charge in [-0.3, -0.25) is 4.79 Å². The van der Waals surface area contributed by atoms with Gasteiger partial charge in [0.1, 0.15) is 12.4 Å². The number of hydrogen-bond donors (Lipinski definition) is 1. The summed E-state index contributed by atoms with van der Waals surface area (Å²) >= 11 is 0. The van der Waals surface area contributed by atoms with E-state index in [0.717, 1.165) is 30.6 Å². The maximum absolute atomic E-state index is 12.2. The molecule has 0 bridgehead atoms. The fraction of sp³-hybridized carbons (Fsp3) is 0.412. The molecule has 0 aliphatic carbocycles. The average Bonchev–Trinajstić information content (AvgIpc) is 3.07. The zero-order valence-corrected chi connectivity index (χ0v) is 13.9. The third-order valence-corrected chi connectivity index (χ3v) is 4.01. The van der Waals surface area contributed by atoms with E-state index in [-0.39, 0.29) is 18.6 Å². The lowest BCUT2D eigenvalue weighted by Gasteiger charge is -2.24. The Balaban J connectivity index is 1.77. The number of likely N-dealkylation sites (tertiary alicyclic amines) is 1. The molecule has 1 aliphatic heterocycles. The van der Waals surface area contributed by atoms with Crippen LogP contribution in [-0.2, 0) is 9.53 Å². The van der Waals surface area contributed by atoms with Crippen molar-refractivity contribution in [3.63, 3.8) is 0 Å². The van der Waals surface area contributed by atoms with Gasteiger partial charge in [0.25, 0.3) is 0 Å². The monoisotopic (exact) mass is 327 g/mol. The average molecular weight is 327 g/mol. The van der Waals surface area contributed by atoms with Crippen LogP contribution in [0, 0.1) is 6.92 Å². The van der Waals surface area contributed by atoms with Gasteiger partial charge in [0.2, 0.25) is 11.9 Å². The molecular formula is C17H21N5O2. The summed E-state index contributed by atoms with van der Waals surface area (Å²) in [6.07, 6.45) is 5.35. The van der Waals surface area contributed by atoms with E-state index in [4.69, 9.17) is 4.74 Å². The summed E-state index contributed by atoms with van der Waals surface area (Å²) in [5.41, 5.74) is 1.93. The highest BCUT2D eigenvalue weighted by atomic mass is 16.5. The van der Waals surface area contributed by atoms with Crippen LogP contribution in [0.4, 0.5) is 11.8 Å². The number of carbonyl (C=O) groups excluding carboxylic acids is 1. The zero-order valence-electron chi connectivity index (χ0n) is 13.9. The Labute approximate surface area is 141 Å². The van der Waals surface area contributed by atoms with Gasteiger partial charge in [0.15, 0.2) is 0 Å². The molecular weight excluding hydrogens is 306 g/mol. The predicted molar refractivity (Wildman–Crippen MR) is 89.9 cm³/mol. The molecule has 1 atom stereocenters. The first-order chi connectivity index (χ1) is 11.7. The first-order valence-electron chi connectivity index (χ1n) is 7.98. The fourth-order valence-corrected chi connectivity index (χ4v) is 2.85. The number of carbonyl (C=O) groups is 1. The molecule has 3 rings (SSSR count). The number of anilines is 2. The number of nitrogens with one attached hydrogen (secondary N) is 1. The van der Waals surface area contributed by atoms with Crippen LogP contribution in [0.15, 0.2) is 30.6 Å². The largest absolute Gasteiger partial charge is 0.375 e. The first kappa shape index (κ1) is 16.3. The lowest BCUT2D eigenvalue weighted by Crippen LogP contribution is -2.33. The summed E-state index contributed by atoms with van der Waals surface area (Å²) in [5.74, 6) is 1.17. The second-order valence-electron chi connectivity index (χ2n) is 5.83. The Bertz CT molecular complexity index is 704. The van der Waals surface area contributed by atoms with Gasteiger partial charge in [0.05, 0.1) is 11.7 Å². The summed E-state index contributed by atoms with van der Waals surface area (Å²) in [4.78, 5) is 27.1. The molecule has 1 saturated heterocycles. The summed E-state index contributed by atoms with van der Waals surface area (Å²) in [7, 11) is 1.53. The Morgan fingerprint density at radius 2 is 2.25 bits per heavy atom. The first-order valence-corrected chi connectivity index (χ1v) is 7.98. The lowest BCUT2D eigenvalue weighted by molar-refractivity contribution is -0.136. The van der Waals surface area contributed by atoms with E-state index < -0.39 is 0 Å². The maximum Gasteiger partial charge on any atom is 0.249 e. The van der Waals surface area contributed by atoms with Crippen LogP contribution in [0.2, 0.25) is 0 Å². The minimum atomic E-state index is -0.0258. The molecule has 7 heteroatoms. The second-order valence-corrected chi connectivity index (χ2v) is 5.83. The second kappa shape index (κ2) is 7.35. The molecule has 0 aromatic carbocycles. The molecule has 1 fully saturated rings. The van der Waals surface area contributed by atoms with Crippen molar-refractivity contribution >= 4 is 17.7 Å². The number of ether oxygens (including phenoxy) is 1. The van der Waals surface area contributed by atoms with Crippen molar-refractivity contribution in [2.45, 2.75) is 25.8 Å². The SMILES string of the molecule is COCC(=O)N1CCC[C@H]1c1ccnc(Nc2ccc(C)cn2)n1. The molecule has 1 aliphatic rings. The minimum Gasteiger partial charge on any atom is -0.375 e. The summed E-state index contributed by atoms with van der Waals surface area (Å²) in [6.45, 7) is 2.82. The van der Waals surface area contributed by atoms with Crippen molar-refractivity contribution in [2.75, 3.05) is 25.6 Å². The number of aryl methyl sites for hydroxylation is 1. The smallest absolute Gasteiger partial charge is 0.249 e. The fourth-order valence-electron chi connectivity index (χ4n) is 2.85. The third kappa shape index (κ3) is 3.68. The molecule has 0 spiro atoms. The quantitative estimate of drug-likeness (QED) is 0.907. The highest BCUT2D eigenvalue weighted by Gasteiger charge is 2.30. The standard InChI is InChI=1S/C17H21N5O2/c1-12-5-6-15(19-10-12)21-17-18-8-7-13(20-17)14-4-3-9-22(14)16(23)11-24-2/h5-8,10,14H,3-4,9,11H2,1-2H3,(H,18,19,20,21)/t14-/m0/s1. The van der Waals surface area contributed by atoms with Gasteiger partial charge >= 0.3 is 0 Å². The van der Waals surface area contributed by atoms with Crippen LogP contribution in [-0.4, -0.2) is 46.0 Å². The van der Waals surface area contributed by atoms with Gasteiger partial charge in [0, 0.05) is 26.0 Å². The van der Waals surface area contributed by atoms with Gasteiger partial charge in [-0.05, 0) is 37.5 Å². The van der Waals surface area contributed by atoms with Gasteiger partial charge in [-0.2, -0.15) is 0 Å². The highest BCUT2D eigenvalue weighted by Crippen LogP contribution is 2.31. The van der Waals surface area contributed by atoms with Crippen molar-refractivity contribution < 1.29 is 9.53 Å². The third-order valence-electron chi connectivity index (χ3n) is 4.01. The van der Waals surface area contributed by atoms with E-state index in [1.54, 1.807) is 12.4 Å². The van der Waals surface area contributed by atoms with Crippen molar-refractivity contribution in [2.24, 2.45) is 0 Å². The molecule has 1 amide bonds. The molecule has 7 nitrogen and oxygen atoms in total. The van der Waals surface area contributed by atoms with E-state index in [1.165, 1.54) is 7.11 Å². The van der Waals surface area contributed by atoms with Crippen molar-refractivity contribution in [1.82, 2.24) is 19.9 Å². The molecule has 126 valence electrons. The number of aromatic nitrogens is 3. The van der Waals surface area contributed by atoms with Crippen LogP contribution in [0.1, 0.15) is 30.1 Å². The van der Waals surface area contributed by atoms with Crippen LogP contribution < -0.4 is 5.32 Å². The van der Waals surface area contributed by atoms with Crippen LogP contribution in [0.5, 0.6) is 0 Å². The maximum atomic E-state index is 12.2. The summed E-state index contributed by atoms with van der Waals surface area (Å²) in [5, 5.41) is 3.10. The number of amides is 1. The number of rotatable bonds is 5. The van der Waals surface area contributed by atoms with E-state index >= 15 is 0 Å². The highest BCUT2D eigenvalue weighted by molar-refractivity contribution is 5.78. The molecule has 2 aromatic heterocycles. The number of pyridine rings is 1. The Morgan fingerprint density at radius 3 is 3.00 bits per heavy atom. The number of nitrogens with zero attached hydrogens (tertiary/aromatic N) is 4. The molecule has 1 N–H and O–H groups in total. The van der Waals surface area contributed by atoms with E-state index in [9.17, 15) is 4.79 Å². The van der Waals surface area contributed by atoms with Crippen molar-refractivity contribution in [3.8, 4) is 0 Å². The lowest BCUT2D eigenvalue weighted by atomic mass is 10.1. The molecule has 0 radical (unpaired) electrons. The number of hydrogen-bond acceptors (Lipinski definition) is 6. The van der Waals surface area contributed by atoms with Gasteiger partial charge in [-0.15, -0.1) is 0 Å².